The van der Waals surface area contributed by atoms with Gasteiger partial charge in [0.1, 0.15) is 5.82 Å². The summed E-state index contributed by atoms with van der Waals surface area (Å²) in [6, 6.07) is 9.55. The molecule has 0 saturated heterocycles. The highest BCUT2D eigenvalue weighted by atomic mass is 32.2. The number of halogens is 1. The Balaban J connectivity index is 1.67. The second kappa shape index (κ2) is 8.80. The van der Waals surface area contributed by atoms with Crippen molar-refractivity contribution in [3.63, 3.8) is 0 Å². The van der Waals surface area contributed by atoms with Gasteiger partial charge in [0.05, 0.1) is 24.2 Å². The zero-order chi connectivity index (χ0) is 21.0. The minimum Gasteiger partial charge on any atom is -0.337 e. The number of hydrogen-bond acceptors (Lipinski definition) is 7. The van der Waals surface area contributed by atoms with Crippen molar-refractivity contribution in [2.45, 2.75) is 13.1 Å². The van der Waals surface area contributed by atoms with Gasteiger partial charge in [0.2, 0.25) is 27.6 Å². The summed E-state index contributed by atoms with van der Waals surface area (Å²) in [6.45, 7) is -0.654. The van der Waals surface area contributed by atoms with Crippen molar-refractivity contribution in [2.24, 2.45) is 0 Å². The molecular weight excluding hydrogens is 419 g/mol. The van der Waals surface area contributed by atoms with Crippen molar-refractivity contribution in [3.05, 3.63) is 59.0 Å². The first-order valence-corrected chi connectivity index (χ1v) is 11.3. The van der Waals surface area contributed by atoms with Gasteiger partial charge < -0.3 is 9.42 Å². The Labute approximate surface area is 171 Å². The molecule has 3 rings (SSSR count). The number of carbonyl (C=O) groups excluding carboxylic acids is 1. The normalized spacial score (nSPS) is 11.7. The molecule has 0 fully saturated rings. The largest absolute Gasteiger partial charge is 0.337 e. The fraction of sp³-hybridized carbons (Fsp3) is 0.278. The van der Waals surface area contributed by atoms with Gasteiger partial charge in [0.15, 0.2) is 0 Å². The molecule has 0 spiro atoms. The summed E-state index contributed by atoms with van der Waals surface area (Å²) in [5.41, 5.74) is 0.186. The van der Waals surface area contributed by atoms with Crippen LogP contribution in [0, 0.1) is 5.82 Å². The summed E-state index contributed by atoms with van der Waals surface area (Å²) in [5.74, 6) is -0.367. The van der Waals surface area contributed by atoms with E-state index < -0.39 is 28.3 Å². The molecule has 1 aromatic carbocycles. The van der Waals surface area contributed by atoms with Crippen LogP contribution in [0.1, 0.15) is 11.5 Å². The number of sulfonamides is 1. The second-order valence-corrected chi connectivity index (χ2v) is 9.29. The third-order valence-corrected chi connectivity index (χ3v) is 6.16. The number of rotatable bonds is 8. The lowest BCUT2D eigenvalue weighted by Crippen LogP contribution is -2.40. The van der Waals surface area contributed by atoms with Crippen molar-refractivity contribution < 1.29 is 22.1 Å². The summed E-state index contributed by atoms with van der Waals surface area (Å²) in [7, 11) is -2.24. The molecule has 2 heterocycles. The van der Waals surface area contributed by atoms with Gasteiger partial charge in [-0.3, -0.25) is 4.79 Å². The lowest BCUT2D eigenvalue weighted by atomic mass is 10.2. The zero-order valence-corrected chi connectivity index (χ0v) is 17.4. The van der Waals surface area contributed by atoms with Crippen LogP contribution in [0.25, 0.3) is 10.7 Å². The Bertz CT molecular complexity index is 1080. The molecule has 0 radical (unpaired) electrons. The first-order chi connectivity index (χ1) is 13.7. The Morgan fingerprint density at radius 3 is 2.62 bits per heavy atom. The van der Waals surface area contributed by atoms with Crippen LogP contribution in [0.3, 0.4) is 0 Å². The van der Waals surface area contributed by atoms with E-state index in [1.54, 1.807) is 6.07 Å². The smallest absolute Gasteiger partial charge is 0.246 e. The minimum atomic E-state index is -3.74. The average molecular weight is 439 g/mol. The average Bonchev–Trinajstić information content (AvgIpc) is 3.33. The number of likely N-dealkylation sites (N-methyl/N-ethyl adjacent to an activating group) is 1. The Kier molecular flexibility index (Phi) is 6.40. The maximum atomic E-state index is 13.9. The topological polar surface area (TPSA) is 96.6 Å². The number of aromatic nitrogens is 2. The summed E-state index contributed by atoms with van der Waals surface area (Å²) in [6.07, 6.45) is 0.979. The molecule has 0 N–H and O–H groups in total. The van der Waals surface area contributed by atoms with Gasteiger partial charge in [-0.05, 0) is 17.5 Å². The molecule has 3 aromatic rings. The lowest BCUT2D eigenvalue weighted by Gasteiger charge is -2.23. The summed E-state index contributed by atoms with van der Waals surface area (Å²) in [4.78, 5) is 18.9. The van der Waals surface area contributed by atoms with Crippen LogP contribution >= 0.6 is 11.3 Å². The van der Waals surface area contributed by atoms with E-state index in [0.717, 1.165) is 15.4 Å². The molecule has 0 aliphatic rings. The van der Waals surface area contributed by atoms with Crippen LogP contribution in [0.2, 0.25) is 0 Å². The first kappa shape index (κ1) is 21.1. The number of carbonyl (C=O) groups is 1. The van der Waals surface area contributed by atoms with Gasteiger partial charge in [-0.1, -0.05) is 29.4 Å². The van der Waals surface area contributed by atoms with Crippen LogP contribution in [0.5, 0.6) is 0 Å². The van der Waals surface area contributed by atoms with E-state index in [1.807, 2.05) is 17.5 Å². The molecule has 154 valence electrons. The van der Waals surface area contributed by atoms with Crippen LogP contribution in [0.4, 0.5) is 4.39 Å². The number of amides is 1. The molecule has 2 aromatic heterocycles. The maximum Gasteiger partial charge on any atom is 0.246 e. The predicted molar refractivity (Wildman–Crippen MR) is 106 cm³/mol. The first-order valence-electron chi connectivity index (χ1n) is 8.53. The van der Waals surface area contributed by atoms with Crippen molar-refractivity contribution in [2.75, 3.05) is 19.8 Å². The monoisotopic (exact) mass is 438 g/mol. The van der Waals surface area contributed by atoms with E-state index in [9.17, 15) is 17.6 Å². The van der Waals surface area contributed by atoms with Crippen molar-refractivity contribution >= 4 is 27.3 Å². The molecular formula is C18H19FN4O4S2. The molecule has 11 heteroatoms. The molecule has 8 nitrogen and oxygen atoms in total. The molecule has 0 atom stereocenters. The third kappa shape index (κ3) is 5.46. The Hall–Kier alpha value is -2.63. The molecule has 0 aliphatic carbocycles. The Morgan fingerprint density at radius 2 is 1.97 bits per heavy atom. The minimum absolute atomic E-state index is 0.0223. The second-order valence-electron chi connectivity index (χ2n) is 6.36. The molecule has 0 unspecified atom stereocenters. The predicted octanol–water partition coefficient (Wildman–Crippen LogP) is 2.36. The van der Waals surface area contributed by atoms with Crippen molar-refractivity contribution in [3.8, 4) is 10.7 Å². The Morgan fingerprint density at radius 1 is 1.21 bits per heavy atom. The van der Waals surface area contributed by atoms with Gasteiger partial charge in [0.25, 0.3) is 0 Å². The lowest BCUT2D eigenvalue weighted by molar-refractivity contribution is -0.131. The van der Waals surface area contributed by atoms with Crippen molar-refractivity contribution in [1.29, 1.82) is 0 Å². The number of benzene rings is 1. The third-order valence-electron chi connectivity index (χ3n) is 4.09. The quantitative estimate of drug-likeness (QED) is 0.536. The SMILES string of the molecule is CN(Cc1nc(-c2cccs2)no1)C(=O)CN(Cc1ccccc1F)S(C)(=O)=O. The maximum absolute atomic E-state index is 13.9. The van der Waals surface area contributed by atoms with E-state index in [0.29, 0.717) is 5.82 Å². The number of thiophene rings is 1. The fourth-order valence-electron chi connectivity index (χ4n) is 2.49. The van der Waals surface area contributed by atoms with E-state index >= 15 is 0 Å². The number of hydrogen-bond donors (Lipinski definition) is 0. The van der Waals surface area contributed by atoms with Gasteiger partial charge in [-0.15, -0.1) is 11.3 Å². The molecule has 29 heavy (non-hydrogen) atoms. The van der Waals surface area contributed by atoms with Gasteiger partial charge in [-0.2, -0.15) is 9.29 Å². The standard InChI is InChI=1S/C18H19FN4O4S2/c1-22(11-16-20-18(21-27-16)15-8-5-9-28-15)17(24)12-23(29(2,25)26)10-13-6-3-4-7-14(13)19/h3-9H,10-12H2,1-2H3. The molecule has 0 saturated carbocycles. The fourth-order valence-corrected chi connectivity index (χ4v) is 3.86. The molecule has 0 aliphatic heterocycles. The van der Waals surface area contributed by atoms with Crippen LogP contribution < -0.4 is 0 Å². The summed E-state index contributed by atoms with van der Waals surface area (Å²) in [5, 5.41) is 5.76. The highest BCUT2D eigenvalue weighted by molar-refractivity contribution is 7.88. The molecule has 0 bridgehead atoms. The van der Waals surface area contributed by atoms with E-state index in [4.69, 9.17) is 4.52 Å². The van der Waals surface area contributed by atoms with Crippen molar-refractivity contribution in [1.82, 2.24) is 19.3 Å². The van der Waals surface area contributed by atoms with E-state index in [-0.39, 0.29) is 24.5 Å². The summed E-state index contributed by atoms with van der Waals surface area (Å²) < 4.78 is 44.2. The van der Waals surface area contributed by atoms with Gasteiger partial charge in [-0.25, -0.2) is 12.8 Å². The van der Waals surface area contributed by atoms with E-state index in [2.05, 4.69) is 10.1 Å². The summed E-state index contributed by atoms with van der Waals surface area (Å²) >= 11 is 1.46. The van der Waals surface area contributed by atoms with E-state index in [1.165, 1.54) is 41.5 Å². The highest BCUT2D eigenvalue weighted by Crippen LogP contribution is 2.21. The van der Waals surface area contributed by atoms with Crippen LogP contribution in [-0.4, -0.2) is 53.5 Å². The van der Waals surface area contributed by atoms with Crippen LogP contribution in [0.15, 0.2) is 46.3 Å². The van der Waals surface area contributed by atoms with Gasteiger partial charge in [0, 0.05) is 19.2 Å². The van der Waals surface area contributed by atoms with Gasteiger partial charge >= 0.3 is 0 Å². The number of nitrogens with zero attached hydrogens (tertiary/aromatic N) is 4. The highest BCUT2D eigenvalue weighted by Gasteiger charge is 2.24. The van der Waals surface area contributed by atoms with Crippen LogP contribution in [-0.2, 0) is 27.9 Å². The zero-order valence-electron chi connectivity index (χ0n) is 15.8. The molecule has 1 amide bonds.